The highest BCUT2D eigenvalue weighted by atomic mass is 16.6. The SMILES string of the molecule is CCOC(=O)N1CCC2(CC(N3CCC(C4NCCN4)CC3)C2)C1. The van der Waals surface area contributed by atoms with Crippen LogP contribution in [0.25, 0.3) is 0 Å². The third kappa shape index (κ3) is 3.16. The summed E-state index contributed by atoms with van der Waals surface area (Å²) in [5.74, 6) is 0.795. The van der Waals surface area contributed by atoms with Crippen molar-refractivity contribution in [3.8, 4) is 0 Å². The van der Waals surface area contributed by atoms with Crippen LogP contribution in [0.2, 0.25) is 0 Å². The molecule has 1 aliphatic carbocycles. The lowest BCUT2D eigenvalue weighted by atomic mass is 9.64. The maximum atomic E-state index is 11.9. The number of nitrogens with zero attached hydrogens (tertiary/aromatic N) is 2. The van der Waals surface area contributed by atoms with Crippen molar-refractivity contribution in [1.82, 2.24) is 20.4 Å². The van der Waals surface area contributed by atoms with Gasteiger partial charge in [-0.15, -0.1) is 0 Å². The molecule has 0 unspecified atom stereocenters. The first-order valence-corrected chi connectivity index (χ1v) is 9.82. The molecule has 2 N–H and O–H groups in total. The van der Waals surface area contributed by atoms with Gasteiger partial charge in [0.05, 0.1) is 12.8 Å². The van der Waals surface area contributed by atoms with Crippen molar-refractivity contribution >= 4 is 6.09 Å². The molecule has 4 fully saturated rings. The Labute approximate surface area is 145 Å². The monoisotopic (exact) mass is 336 g/mol. The van der Waals surface area contributed by atoms with Crippen molar-refractivity contribution in [1.29, 1.82) is 0 Å². The molecule has 3 heterocycles. The molecule has 6 nitrogen and oxygen atoms in total. The average molecular weight is 336 g/mol. The summed E-state index contributed by atoms with van der Waals surface area (Å²) in [6.07, 6.45) is 6.75. The summed E-state index contributed by atoms with van der Waals surface area (Å²) in [4.78, 5) is 16.5. The van der Waals surface area contributed by atoms with Gasteiger partial charge in [-0.2, -0.15) is 0 Å². The van der Waals surface area contributed by atoms with E-state index in [1.165, 1.54) is 38.8 Å². The number of piperidine rings is 1. The number of hydrogen-bond acceptors (Lipinski definition) is 5. The van der Waals surface area contributed by atoms with Crippen LogP contribution in [0.5, 0.6) is 0 Å². The van der Waals surface area contributed by atoms with Gasteiger partial charge in [0, 0.05) is 32.2 Å². The van der Waals surface area contributed by atoms with Crippen LogP contribution in [0.15, 0.2) is 0 Å². The van der Waals surface area contributed by atoms with E-state index in [-0.39, 0.29) is 6.09 Å². The first-order chi connectivity index (χ1) is 11.7. The Hall–Kier alpha value is -0.850. The number of carbonyl (C=O) groups is 1. The van der Waals surface area contributed by atoms with Crippen molar-refractivity contribution in [2.24, 2.45) is 11.3 Å². The maximum absolute atomic E-state index is 11.9. The Morgan fingerprint density at radius 1 is 1.17 bits per heavy atom. The third-order valence-electron chi connectivity index (χ3n) is 6.72. The van der Waals surface area contributed by atoms with E-state index >= 15 is 0 Å². The fourth-order valence-corrected chi connectivity index (χ4v) is 5.32. The fraction of sp³-hybridized carbons (Fsp3) is 0.944. The van der Waals surface area contributed by atoms with Gasteiger partial charge in [0.15, 0.2) is 0 Å². The van der Waals surface area contributed by atoms with E-state index in [0.717, 1.165) is 44.6 Å². The summed E-state index contributed by atoms with van der Waals surface area (Å²) < 4.78 is 5.16. The van der Waals surface area contributed by atoms with Crippen molar-refractivity contribution in [3.05, 3.63) is 0 Å². The molecule has 1 amide bonds. The first kappa shape index (κ1) is 16.6. The molecule has 136 valence electrons. The quantitative estimate of drug-likeness (QED) is 0.812. The largest absolute Gasteiger partial charge is 0.450 e. The number of carbonyl (C=O) groups excluding carboxylic acids is 1. The van der Waals surface area contributed by atoms with Crippen molar-refractivity contribution < 1.29 is 9.53 Å². The molecule has 3 aliphatic heterocycles. The van der Waals surface area contributed by atoms with Crippen LogP contribution in [0.1, 0.15) is 39.0 Å². The van der Waals surface area contributed by atoms with Gasteiger partial charge in [0.2, 0.25) is 0 Å². The molecule has 0 bridgehead atoms. The average Bonchev–Trinajstić information content (AvgIpc) is 3.24. The van der Waals surface area contributed by atoms with Crippen LogP contribution >= 0.6 is 0 Å². The van der Waals surface area contributed by atoms with E-state index in [9.17, 15) is 4.79 Å². The molecular formula is C18H32N4O2. The Morgan fingerprint density at radius 3 is 2.54 bits per heavy atom. The Balaban J connectivity index is 1.22. The van der Waals surface area contributed by atoms with Gasteiger partial charge in [0.1, 0.15) is 0 Å². The van der Waals surface area contributed by atoms with Crippen LogP contribution in [-0.4, -0.2) is 74.0 Å². The van der Waals surface area contributed by atoms with E-state index < -0.39 is 0 Å². The summed E-state index contributed by atoms with van der Waals surface area (Å²) >= 11 is 0. The van der Waals surface area contributed by atoms with E-state index in [0.29, 0.717) is 18.2 Å². The minimum absolute atomic E-state index is 0.116. The summed E-state index contributed by atoms with van der Waals surface area (Å²) in [7, 11) is 0. The van der Waals surface area contributed by atoms with Crippen LogP contribution in [-0.2, 0) is 4.74 Å². The molecule has 0 aromatic carbocycles. The smallest absolute Gasteiger partial charge is 0.409 e. The second kappa shape index (κ2) is 6.81. The number of ether oxygens (including phenoxy) is 1. The number of likely N-dealkylation sites (tertiary alicyclic amines) is 2. The van der Waals surface area contributed by atoms with Gasteiger partial charge in [0.25, 0.3) is 0 Å². The highest BCUT2D eigenvalue weighted by Crippen LogP contribution is 2.50. The molecule has 0 aromatic rings. The molecule has 4 rings (SSSR count). The lowest BCUT2D eigenvalue weighted by molar-refractivity contribution is -0.0121. The molecule has 1 spiro atoms. The molecule has 3 saturated heterocycles. The summed E-state index contributed by atoms with van der Waals surface area (Å²) in [6, 6.07) is 0.748. The van der Waals surface area contributed by atoms with Crippen LogP contribution in [0.3, 0.4) is 0 Å². The predicted octanol–water partition coefficient (Wildman–Crippen LogP) is 1.23. The summed E-state index contributed by atoms with van der Waals surface area (Å²) in [5.41, 5.74) is 0.392. The summed E-state index contributed by atoms with van der Waals surface area (Å²) in [5, 5.41) is 7.17. The summed E-state index contributed by atoms with van der Waals surface area (Å²) in [6.45, 7) is 8.87. The van der Waals surface area contributed by atoms with Gasteiger partial charge in [-0.25, -0.2) is 4.79 Å². The Kier molecular flexibility index (Phi) is 4.71. The van der Waals surface area contributed by atoms with E-state index in [2.05, 4.69) is 15.5 Å². The fourth-order valence-electron chi connectivity index (χ4n) is 5.32. The molecule has 4 aliphatic rings. The predicted molar refractivity (Wildman–Crippen MR) is 92.8 cm³/mol. The van der Waals surface area contributed by atoms with Crippen molar-refractivity contribution in [2.45, 2.75) is 51.2 Å². The van der Waals surface area contributed by atoms with Gasteiger partial charge >= 0.3 is 6.09 Å². The topological polar surface area (TPSA) is 56.8 Å². The minimum Gasteiger partial charge on any atom is -0.450 e. The second-order valence-electron chi connectivity index (χ2n) is 8.19. The zero-order valence-corrected chi connectivity index (χ0v) is 14.9. The number of amides is 1. The van der Waals surface area contributed by atoms with Crippen LogP contribution < -0.4 is 10.6 Å². The lowest BCUT2D eigenvalue weighted by Crippen LogP contribution is -2.55. The number of hydrogen-bond donors (Lipinski definition) is 2. The molecule has 0 atom stereocenters. The zero-order chi connectivity index (χ0) is 16.6. The van der Waals surface area contributed by atoms with Gasteiger partial charge in [-0.1, -0.05) is 0 Å². The van der Waals surface area contributed by atoms with E-state index in [4.69, 9.17) is 4.74 Å². The number of nitrogens with one attached hydrogen (secondary N) is 2. The first-order valence-electron chi connectivity index (χ1n) is 9.82. The molecule has 24 heavy (non-hydrogen) atoms. The highest BCUT2D eigenvalue weighted by Gasteiger charge is 2.51. The lowest BCUT2D eigenvalue weighted by Gasteiger charge is -2.52. The number of rotatable bonds is 3. The molecule has 0 aromatic heterocycles. The molecular weight excluding hydrogens is 304 g/mol. The Bertz CT molecular complexity index is 452. The zero-order valence-electron chi connectivity index (χ0n) is 14.9. The normalized spacial score (nSPS) is 35.5. The van der Waals surface area contributed by atoms with Gasteiger partial charge < -0.3 is 25.2 Å². The van der Waals surface area contributed by atoms with E-state index in [1.807, 2.05) is 11.8 Å². The maximum Gasteiger partial charge on any atom is 0.409 e. The standard InChI is InChI=1S/C18H32N4O2/c1-2-24-17(23)22-10-5-18(13-22)11-15(12-18)21-8-3-14(4-9-21)16-19-6-7-20-16/h14-16,19-20H,2-13H2,1H3. The van der Waals surface area contributed by atoms with Gasteiger partial charge in [-0.3, -0.25) is 0 Å². The van der Waals surface area contributed by atoms with Gasteiger partial charge in [-0.05, 0) is 63.5 Å². The Morgan fingerprint density at radius 2 is 1.88 bits per heavy atom. The molecule has 6 heteroatoms. The van der Waals surface area contributed by atoms with Crippen molar-refractivity contribution in [2.75, 3.05) is 45.9 Å². The van der Waals surface area contributed by atoms with Crippen LogP contribution in [0.4, 0.5) is 4.79 Å². The third-order valence-corrected chi connectivity index (χ3v) is 6.72. The van der Waals surface area contributed by atoms with E-state index in [1.54, 1.807) is 0 Å². The second-order valence-corrected chi connectivity index (χ2v) is 8.19. The molecule has 1 saturated carbocycles. The van der Waals surface area contributed by atoms with Crippen molar-refractivity contribution in [3.63, 3.8) is 0 Å². The minimum atomic E-state index is -0.116. The molecule has 0 radical (unpaired) electrons. The van der Waals surface area contributed by atoms with Crippen LogP contribution in [0, 0.1) is 11.3 Å². The highest BCUT2D eigenvalue weighted by molar-refractivity contribution is 5.68.